The molecule has 0 aliphatic rings. The van der Waals surface area contributed by atoms with Crippen LogP contribution in [-0.4, -0.2) is 10.5 Å². The number of rotatable bonds is 4. The molecule has 0 aliphatic carbocycles. The van der Waals surface area contributed by atoms with Crippen molar-refractivity contribution in [3.8, 4) is 0 Å². The summed E-state index contributed by atoms with van der Waals surface area (Å²) >= 11 is 0. The number of anilines is 1. The summed E-state index contributed by atoms with van der Waals surface area (Å²) in [6, 6.07) is 16.9. The molecule has 3 rings (SSSR count). The normalized spacial score (nSPS) is 10.6. The molecule has 0 atom stereocenters. The second-order valence-electron chi connectivity index (χ2n) is 6.58. The smallest absolute Gasteiger partial charge is 0.257 e. The molecule has 1 heterocycles. The van der Waals surface area contributed by atoms with Gasteiger partial charge in [0.15, 0.2) is 0 Å². The van der Waals surface area contributed by atoms with Crippen LogP contribution in [-0.2, 0) is 6.54 Å². The van der Waals surface area contributed by atoms with Crippen molar-refractivity contribution in [3.63, 3.8) is 0 Å². The number of nitrogens with zero attached hydrogens (tertiary/aromatic N) is 1. The fourth-order valence-electron chi connectivity index (χ4n) is 2.83. The maximum Gasteiger partial charge on any atom is 0.257 e. The van der Waals surface area contributed by atoms with Gasteiger partial charge < -0.3 is 9.88 Å². The van der Waals surface area contributed by atoms with Gasteiger partial charge in [-0.25, -0.2) is 0 Å². The van der Waals surface area contributed by atoms with Crippen molar-refractivity contribution in [3.05, 3.63) is 99.0 Å². The standard InChI is InChI=1S/C22H22N2O2/c1-15-8-9-17(3)20(12-15)23-22(26)19-10-11-21(25)24(14-19)13-18-7-5-4-6-16(18)2/h4-12,14H,13H2,1-3H3,(H,23,26). The average Bonchev–Trinajstić information content (AvgIpc) is 2.62. The van der Waals surface area contributed by atoms with Crippen LogP contribution in [0.1, 0.15) is 32.6 Å². The Bertz CT molecular complexity index is 1020. The molecule has 0 unspecified atom stereocenters. The molecule has 0 saturated carbocycles. The van der Waals surface area contributed by atoms with Gasteiger partial charge in [0.1, 0.15) is 0 Å². The Labute approximate surface area is 153 Å². The molecule has 26 heavy (non-hydrogen) atoms. The lowest BCUT2D eigenvalue weighted by Crippen LogP contribution is -2.23. The van der Waals surface area contributed by atoms with Crippen molar-refractivity contribution in [2.75, 3.05) is 5.32 Å². The third-order valence-electron chi connectivity index (χ3n) is 4.49. The lowest BCUT2D eigenvalue weighted by atomic mass is 10.1. The maximum atomic E-state index is 12.6. The van der Waals surface area contributed by atoms with Crippen LogP contribution in [0.2, 0.25) is 0 Å². The zero-order chi connectivity index (χ0) is 18.7. The van der Waals surface area contributed by atoms with E-state index >= 15 is 0 Å². The number of amides is 1. The van der Waals surface area contributed by atoms with E-state index in [2.05, 4.69) is 5.32 Å². The molecule has 4 heteroatoms. The van der Waals surface area contributed by atoms with Crippen LogP contribution in [0.5, 0.6) is 0 Å². The number of benzene rings is 2. The van der Waals surface area contributed by atoms with Gasteiger partial charge in [0.25, 0.3) is 11.5 Å². The van der Waals surface area contributed by atoms with Gasteiger partial charge in [0.05, 0.1) is 12.1 Å². The van der Waals surface area contributed by atoms with Gasteiger partial charge in [0, 0.05) is 18.0 Å². The quantitative estimate of drug-likeness (QED) is 0.774. The van der Waals surface area contributed by atoms with Crippen LogP contribution in [0, 0.1) is 20.8 Å². The summed E-state index contributed by atoms with van der Waals surface area (Å²) in [7, 11) is 0. The maximum absolute atomic E-state index is 12.6. The van der Waals surface area contributed by atoms with Crippen molar-refractivity contribution < 1.29 is 4.79 Å². The van der Waals surface area contributed by atoms with E-state index in [-0.39, 0.29) is 11.5 Å². The number of hydrogen-bond donors (Lipinski definition) is 1. The number of aromatic nitrogens is 1. The van der Waals surface area contributed by atoms with E-state index in [9.17, 15) is 9.59 Å². The van der Waals surface area contributed by atoms with Crippen LogP contribution < -0.4 is 10.9 Å². The number of pyridine rings is 1. The molecule has 0 saturated heterocycles. The highest BCUT2D eigenvalue weighted by molar-refractivity contribution is 6.04. The third-order valence-corrected chi connectivity index (χ3v) is 4.49. The molecule has 2 aromatic carbocycles. The number of aryl methyl sites for hydroxylation is 3. The first-order valence-corrected chi connectivity index (χ1v) is 8.57. The second kappa shape index (κ2) is 7.40. The van der Waals surface area contributed by atoms with Crippen molar-refractivity contribution >= 4 is 11.6 Å². The van der Waals surface area contributed by atoms with E-state index in [1.165, 1.54) is 6.07 Å². The first-order chi connectivity index (χ1) is 12.4. The molecule has 1 amide bonds. The molecule has 0 spiro atoms. The molecule has 1 N–H and O–H groups in total. The molecule has 0 fully saturated rings. The van der Waals surface area contributed by atoms with Gasteiger partial charge in [-0.15, -0.1) is 0 Å². The van der Waals surface area contributed by atoms with Crippen molar-refractivity contribution in [2.24, 2.45) is 0 Å². The number of carbonyl (C=O) groups excluding carboxylic acids is 1. The zero-order valence-corrected chi connectivity index (χ0v) is 15.2. The third kappa shape index (κ3) is 3.91. The number of nitrogens with one attached hydrogen (secondary N) is 1. The molecular weight excluding hydrogens is 324 g/mol. The highest BCUT2D eigenvalue weighted by Gasteiger charge is 2.10. The van der Waals surface area contributed by atoms with Gasteiger partial charge in [0.2, 0.25) is 0 Å². The van der Waals surface area contributed by atoms with Crippen LogP contribution in [0.3, 0.4) is 0 Å². The van der Waals surface area contributed by atoms with Crippen molar-refractivity contribution in [1.82, 2.24) is 4.57 Å². The minimum atomic E-state index is -0.225. The van der Waals surface area contributed by atoms with Gasteiger partial charge in [-0.3, -0.25) is 9.59 Å². The fraction of sp³-hybridized carbons (Fsp3) is 0.182. The van der Waals surface area contributed by atoms with Crippen molar-refractivity contribution in [2.45, 2.75) is 27.3 Å². The Hall–Kier alpha value is -3.14. The first-order valence-electron chi connectivity index (χ1n) is 8.57. The van der Waals surface area contributed by atoms with E-state index in [4.69, 9.17) is 0 Å². The van der Waals surface area contributed by atoms with Crippen LogP contribution in [0.25, 0.3) is 0 Å². The van der Waals surface area contributed by atoms with Crippen molar-refractivity contribution in [1.29, 1.82) is 0 Å². The highest BCUT2D eigenvalue weighted by Crippen LogP contribution is 2.17. The molecule has 0 bridgehead atoms. The molecule has 0 aliphatic heterocycles. The Kier molecular flexibility index (Phi) is 5.03. The van der Waals surface area contributed by atoms with Gasteiger partial charge in [-0.2, -0.15) is 0 Å². The minimum Gasteiger partial charge on any atom is -0.322 e. The fourth-order valence-corrected chi connectivity index (χ4v) is 2.83. The van der Waals surface area contributed by atoms with Gasteiger partial charge in [-0.1, -0.05) is 36.4 Å². The summed E-state index contributed by atoms with van der Waals surface area (Å²) in [5.41, 5.74) is 5.36. The largest absolute Gasteiger partial charge is 0.322 e. The monoisotopic (exact) mass is 346 g/mol. The summed E-state index contributed by atoms with van der Waals surface area (Å²) in [5, 5.41) is 2.93. The summed E-state index contributed by atoms with van der Waals surface area (Å²) in [6.45, 7) is 6.39. The predicted molar refractivity (Wildman–Crippen MR) is 105 cm³/mol. The van der Waals surface area contributed by atoms with Gasteiger partial charge >= 0.3 is 0 Å². The van der Waals surface area contributed by atoms with E-state index in [1.807, 2.05) is 63.2 Å². The minimum absolute atomic E-state index is 0.128. The van der Waals surface area contributed by atoms with Crippen LogP contribution in [0.4, 0.5) is 5.69 Å². The molecule has 132 valence electrons. The lowest BCUT2D eigenvalue weighted by molar-refractivity contribution is 0.102. The Morgan fingerprint density at radius 1 is 0.962 bits per heavy atom. The molecule has 4 nitrogen and oxygen atoms in total. The summed E-state index contributed by atoms with van der Waals surface area (Å²) in [6.07, 6.45) is 1.62. The van der Waals surface area contributed by atoms with E-state index in [0.29, 0.717) is 12.1 Å². The second-order valence-corrected chi connectivity index (χ2v) is 6.58. The lowest BCUT2D eigenvalue weighted by Gasteiger charge is -2.12. The highest BCUT2D eigenvalue weighted by atomic mass is 16.2. The number of carbonyl (C=O) groups is 1. The molecule has 0 radical (unpaired) electrons. The van der Waals surface area contributed by atoms with E-state index in [1.54, 1.807) is 16.8 Å². The topological polar surface area (TPSA) is 51.1 Å². The predicted octanol–water partition coefficient (Wildman–Crippen LogP) is 4.07. The molecular formula is C22H22N2O2. The summed E-state index contributed by atoms with van der Waals surface area (Å²) in [4.78, 5) is 24.8. The first kappa shape index (κ1) is 17.7. The van der Waals surface area contributed by atoms with E-state index < -0.39 is 0 Å². The molecule has 1 aromatic heterocycles. The molecule has 3 aromatic rings. The summed E-state index contributed by atoms with van der Waals surface area (Å²) < 4.78 is 1.57. The summed E-state index contributed by atoms with van der Waals surface area (Å²) in [5.74, 6) is -0.225. The van der Waals surface area contributed by atoms with Gasteiger partial charge in [-0.05, 0) is 55.2 Å². The van der Waals surface area contributed by atoms with E-state index in [0.717, 1.165) is 27.9 Å². The van der Waals surface area contributed by atoms with Crippen LogP contribution >= 0.6 is 0 Å². The average molecular weight is 346 g/mol. The Morgan fingerprint density at radius 2 is 1.73 bits per heavy atom. The Balaban J connectivity index is 1.87. The van der Waals surface area contributed by atoms with Crippen LogP contribution in [0.15, 0.2) is 65.6 Å². The zero-order valence-electron chi connectivity index (χ0n) is 15.2. The SMILES string of the molecule is Cc1ccc(C)c(NC(=O)c2ccc(=O)n(Cc3ccccc3C)c2)c1. The number of hydrogen-bond acceptors (Lipinski definition) is 2. The Morgan fingerprint density at radius 3 is 2.50 bits per heavy atom.